The van der Waals surface area contributed by atoms with E-state index < -0.39 is 60.8 Å². The van der Waals surface area contributed by atoms with Crippen LogP contribution < -0.4 is 27.4 Å². The number of carbonyl (C=O) groups is 5. The first-order valence-corrected chi connectivity index (χ1v) is 10.5. The molecule has 3 amide bonds. The first-order chi connectivity index (χ1) is 15.6. The van der Waals surface area contributed by atoms with Gasteiger partial charge in [0.15, 0.2) is 0 Å². The van der Waals surface area contributed by atoms with Crippen molar-refractivity contribution in [3.63, 3.8) is 0 Å². The number of carboxylic acids is 2. The van der Waals surface area contributed by atoms with Crippen molar-refractivity contribution in [2.45, 2.75) is 50.2 Å². The van der Waals surface area contributed by atoms with Gasteiger partial charge >= 0.3 is 11.9 Å². The summed E-state index contributed by atoms with van der Waals surface area (Å²) in [4.78, 5) is 59.0. The highest BCUT2D eigenvalue weighted by Gasteiger charge is 2.28. The summed E-state index contributed by atoms with van der Waals surface area (Å²) >= 11 is 0. The second-order valence-corrected chi connectivity index (χ2v) is 7.42. The molecule has 0 aromatic heterocycles. The molecule has 0 radical (unpaired) electrons. The van der Waals surface area contributed by atoms with E-state index in [1.165, 1.54) is 0 Å². The number of unbranched alkanes of at least 4 members (excludes halogenated alkanes) is 1. The largest absolute Gasteiger partial charge is 0.481 e. The van der Waals surface area contributed by atoms with Crippen LogP contribution in [0.1, 0.15) is 31.2 Å². The molecule has 0 aliphatic heterocycles. The van der Waals surface area contributed by atoms with Crippen LogP contribution >= 0.6 is 0 Å². The summed E-state index contributed by atoms with van der Waals surface area (Å²) in [6.07, 6.45) is 0.621. The van der Waals surface area contributed by atoms with Gasteiger partial charge in [0, 0.05) is 0 Å². The van der Waals surface area contributed by atoms with Gasteiger partial charge in [0.2, 0.25) is 17.7 Å². The fourth-order valence-corrected chi connectivity index (χ4v) is 2.91. The first-order valence-electron chi connectivity index (χ1n) is 10.5. The number of benzene rings is 1. The standard InChI is InChI=1S/C21H31N5O7/c22-9-5-4-8-15(20(31)26-16(21(32)33)11-18(28)29)25-17(27)12-24-19(30)14(23)10-13-6-2-1-3-7-13/h1-3,6-7,14-16H,4-5,8-12,22-23H2,(H,24,30)(H,25,27)(H,26,31)(H,28,29)(H,32,33). The molecule has 0 saturated carbocycles. The van der Waals surface area contributed by atoms with E-state index in [4.69, 9.17) is 21.7 Å². The van der Waals surface area contributed by atoms with E-state index >= 15 is 0 Å². The van der Waals surface area contributed by atoms with Crippen LogP contribution in [-0.4, -0.2) is 71.1 Å². The van der Waals surface area contributed by atoms with E-state index in [1.807, 2.05) is 30.3 Å². The SMILES string of the molecule is NCCCCC(NC(=O)CNC(=O)C(N)Cc1ccccc1)C(=O)NC(CC(=O)O)C(=O)O. The van der Waals surface area contributed by atoms with Crippen molar-refractivity contribution in [3.8, 4) is 0 Å². The third-order valence-corrected chi connectivity index (χ3v) is 4.65. The van der Waals surface area contributed by atoms with E-state index in [2.05, 4.69) is 16.0 Å². The molecule has 12 nitrogen and oxygen atoms in total. The lowest BCUT2D eigenvalue weighted by Gasteiger charge is -2.21. The summed E-state index contributed by atoms with van der Waals surface area (Å²) in [7, 11) is 0. The predicted molar refractivity (Wildman–Crippen MR) is 118 cm³/mol. The smallest absolute Gasteiger partial charge is 0.326 e. The van der Waals surface area contributed by atoms with Gasteiger partial charge in [-0.1, -0.05) is 30.3 Å². The maximum Gasteiger partial charge on any atom is 0.326 e. The minimum absolute atomic E-state index is 0.148. The monoisotopic (exact) mass is 465 g/mol. The minimum Gasteiger partial charge on any atom is -0.481 e. The molecule has 182 valence electrons. The fourth-order valence-electron chi connectivity index (χ4n) is 2.91. The number of carboxylic acid groups (broad SMARTS) is 2. The molecule has 0 heterocycles. The number of hydrogen-bond acceptors (Lipinski definition) is 7. The Labute approximate surface area is 191 Å². The zero-order valence-corrected chi connectivity index (χ0v) is 18.2. The lowest BCUT2D eigenvalue weighted by Crippen LogP contribution is -2.54. The maximum absolute atomic E-state index is 12.5. The number of aliphatic carboxylic acids is 2. The van der Waals surface area contributed by atoms with Gasteiger partial charge in [0.05, 0.1) is 19.0 Å². The van der Waals surface area contributed by atoms with Crippen LogP contribution in [0.25, 0.3) is 0 Å². The quantitative estimate of drug-likeness (QED) is 0.147. The Morgan fingerprint density at radius 1 is 0.909 bits per heavy atom. The second-order valence-electron chi connectivity index (χ2n) is 7.42. The van der Waals surface area contributed by atoms with Crippen molar-refractivity contribution in [2.24, 2.45) is 11.5 Å². The normalized spacial score (nSPS) is 13.3. The molecule has 1 rings (SSSR count). The van der Waals surface area contributed by atoms with Crippen molar-refractivity contribution >= 4 is 29.7 Å². The summed E-state index contributed by atoms with van der Waals surface area (Å²) in [5.41, 5.74) is 12.2. The van der Waals surface area contributed by atoms with Gasteiger partial charge in [-0.15, -0.1) is 0 Å². The third-order valence-electron chi connectivity index (χ3n) is 4.65. The molecule has 3 atom stereocenters. The Balaban J connectivity index is 2.65. The Bertz CT molecular complexity index is 818. The lowest BCUT2D eigenvalue weighted by molar-refractivity contribution is -0.147. The summed E-state index contributed by atoms with van der Waals surface area (Å²) in [6.45, 7) is -0.0894. The molecule has 0 aliphatic rings. The molecule has 0 spiro atoms. The molecule has 3 unspecified atom stereocenters. The molecule has 0 aliphatic carbocycles. The van der Waals surface area contributed by atoms with Crippen LogP contribution in [0.3, 0.4) is 0 Å². The molecule has 33 heavy (non-hydrogen) atoms. The van der Waals surface area contributed by atoms with Gasteiger partial charge in [-0.3, -0.25) is 19.2 Å². The highest BCUT2D eigenvalue weighted by molar-refractivity contribution is 5.93. The van der Waals surface area contributed by atoms with Crippen LogP contribution in [-0.2, 0) is 30.4 Å². The number of nitrogens with two attached hydrogens (primary N) is 2. The van der Waals surface area contributed by atoms with E-state index in [9.17, 15) is 24.0 Å². The zero-order chi connectivity index (χ0) is 24.8. The Morgan fingerprint density at radius 3 is 2.15 bits per heavy atom. The Hall–Kier alpha value is -3.51. The van der Waals surface area contributed by atoms with Gasteiger partial charge in [-0.2, -0.15) is 0 Å². The first kappa shape index (κ1) is 27.5. The van der Waals surface area contributed by atoms with Crippen LogP contribution in [0.4, 0.5) is 0 Å². The van der Waals surface area contributed by atoms with Gasteiger partial charge < -0.3 is 37.6 Å². The van der Waals surface area contributed by atoms with E-state index in [0.29, 0.717) is 19.4 Å². The van der Waals surface area contributed by atoms with Crippen LogP contribution in [0.2, 0.25) is 0 Å². The summed E-state index contributed by atoms with van der Waals surface area (Å²) in [6, 6.07) is 5.44. The molecule has 0 fully saturated rings. The van der Waals surface area contributed by atoms with Gasteiger partial charge in [0.25, 0.3) is 0 Å². The number of carbonyl (C=O) groups excluding carboxylic acids is 3. The molecule has 0 saturated heterocycles. The van der Waals surface area contributed by atoms with Crippen molar-refractivity contribution in [2.75, 3.05) is 13.1 Å². The van der Waals surface area contributed by atoms with Crippen LogP contribution in [0, 0.1) is 0 Å². The summed E-state index contributed by atoms with van der Waals surface area (Å²) in [5.74, 6) is -5.00. The van der Waals surface area contributed by atoms with E-state index in [-0.39, 0.29) is 12.8 Å². The number of nitrogens with one attached hydrogen (secondary N) is 3. The predicted octanol–water partition coefficient (Wildman–Crippen LogP) is -1.67. The average molecular weight is 466 g/mol. The number of amides is 3. The summed E-state index contributed by atoms with van der Waals surface area (Å²) < 4.78 is 0. The van der Waals surface area contributed by atoms with Gasteiger partial charge in [-0.25, -0.2) is 4.79 Å². The number of hydrogen-bond donors (Lipinski definition) is 7. The van der Waals surface area contributed by atoms with Crippen molar-refractivity contribution in [1.82, 2.24) is 16.0 Å². The van der Waals surface area contributed by atoms with Crippen molar-refractivity contribution < 1.29 is 34.2 Å². The highest BCUT2D eigenvalue weighted by atomic mass is 16.4. The molecular formula is C21H31N5O7. The van der Waals surface area contributed by atoms with Crippen LogP contribution in [0.5, 0.6) is 0 Å². The summed E-state index contributed by atoms with van der Waals surface area (Å²) in [5, 5.41) is 24.9. The molecule has 0 bridgehead atoms. The lowest BCUT2D eigenvalue weighted by atomic mass is 10.1. The molecule has 9 N–H and O–H groups in total. The Kier molecular flexibility index (Phi) is 12.1. The molecule has 1 aromatic carbocycles. The maximum atomic E-state index is 12.5. The molecule has 1 aromatic rings. The van der Waals surface area contributed by atoms with E-state index in [0.717, 1.165) is 5.56 Å². The minimum atomic E-state index is -1.65. The van der Waals surface area contributed by atoms with Crippen molar-refractivity contribution in [1.29, 1.82) is 0 Å². The third kappa shape index (κ3) is 11.1. The highest BCUT2D eigenvalue weighted by Crippen LogP contribution is 2.04. The second kappa shape index (κ2) is 14.5. The van der Waals surface area contributed by atoms with Crippen LogP contribution in [0.15, 0.2) is 30.3 Å². The number of rotatable bonds is 15. The Morgan fingerprint density at radius 2 is 1.58 bits per heavy atom. The van der Waals surface area contributed by atoms with E-state index in [1.54, 1.807) is 0 Å². The topological polar surface area (TPSA) is 214 Å². The molecule has 12 heteroatoms. The van der Waals surface area contributed by atoms with Gasteiger partial charge in [0.1, 0.15) is 12.1 Å². The molecular weight excluding hydrogens is 434 g/mol. The van der Waals surface area contributed by atoms with Crippen molar-refractivity contribution in [3.05, 3.63) is 35.9 Å². The fraction of sp³-hybridized carbons (Fsp3) is 0.476. The average Bonchev–Trinajstić information content (AvgIpc) is 2.76. The van der Waals surface area contributed by atoms with Gasteiger partial charge in [-0.05, 0) is 37.8 Å². The zero-order valence-electron chi connectivity index (χ0n) is 18.2.